The van der Waals surface area contributed by atoms with Gasteiger partial charge in [-0.3, -0.25) is 4.99 Å². The number of halogens is 1. The van der Waals surface area contributed by atoms with Crippen LogP contribution >= 0.6 is 11.6 Å². The van der Waals surface area contributed by atoms with Crippen LogP contribution in [0.3, 0.4) is 0 Å². The summed E-state index contributed by atoms with van der Waals surface area (Å²) in [4.78, 5) is 5.32. The molecular formula is C77H91ClN6O2. The molecule has 8 aromatic rings. The van der Waals surface area contributed by atoms with Crippen molar-refractivity contribution in [3.8, 4) is 11.4 Å². The maximum atomic E-state index is 6.50. The molecule has 1 aromatic heterocycles. The summed E-state index contributed by atoms with van der Waals surface area (Å²) in [6.45, 7) is 28.1. The van der Waals surface area contributed by atoms with E-state index in [1.165, 1.54) is 79.9 Å². The van der Waals surface area contributed by atoms with Crippen molar-refractivity contribution in [1.29, 1.82) is 0 Å². The number of nitrogens with one attached hydrogen (secondary N) is 2. The van der Waals surface area contributed by atoms with Crippen molar-refractivity contribution in [1.82, 2.24) is 9.88 Å². The number of benzene rings is 7. The summed E-state index contributed by atoms with van der Waals surface area (Å²) in [6.07, 6.45) is 15.5. The van der Waals surface area contributed by atoms with E-state index in [0.717, 1.165) is 77.6 Å². The van der Waals surface area contributed by atoms with E-state index in [1.807, 2.05) is 61.7 Å². The summed E-state index contributed by atoms with van der Waals surface area (Å²) in [5, 5.41) is 14.2. The molecular weight excluding hydrogens is 1080 g/mol. The van der Waals surface area contributed by atoms with Crippen molar-refractivity contribution >= 4 is 23.1 Å². The molecule has 86 heavy (non-hydrogen) atoms. The largest absolute Gasteiger partial charge is 0.489 e. The number of hydrogen-bond acceptors (Lipinski definition) is 7. The summed E-state index contributed by atoms with van der Waals surface area (Å²) in [6, 6.07) is 62.5. The predicted molar refractivity (Wildman–Crippen MR) is 364 cm³/mol. The second kappa shape index (κ2) is 31.3. The molecule has 1 aliphatic carbocycles. The Balaban J connectivity index is 0.000000221. The number of aliphatic imine (C=N–C) groups is 1. The summed E-state index contributed by atoms with van der Waals surface area (Å²) < 4.78 is 7.90. The molecule has 1 aliphatic heterocycles. The Bertz CT molecular complexity index is 3490. The second-order valence-corrected chi connectivity index (χ2v) is 24.7. The van der Waals surface area contributed by atoms with E-state index < -0.39 is 5.54 Å². The first kappa shape index (κ1) is 65.4. The fourth-order valence-electron chi connectivity index (χ4n) is 10.3. The Morgan fingerprint density at radius 2 is 1.20 bits per heavy atom. The van der Waals surface area contributed by atoms with E-state index in [-0.39, 0.29) is 5.41 Å². The molecule has 8 nitrogen and oxygen atoms in total. The molecule has 9 heteroatoms. The lowest BCUT2D eigenvalue weighted by Gasteiger charge is -2.28. The van der Waals surface area contributed by atoms with Gasteiger partial charge in [-0.2, -0.15) is 0 Å². The number of anilines is 1. The van der Waals surface area contributed by atoms with Crippen LogP contribution in [0.5, 0.6) is 5.75 Å². The standard InChI is InChI=1S/C45H50N2.C16H16ClNO.C16H22N2.H3NO/c1-6-7-34-8-10-35(11-9-34)13-15-38-22-28-42(29-23-38)45(5)44(31-43(47-45)41-26-27-41)46-33(4)30-39-18-16-36(17-19-39)12-14-37-20-24-40(25-21-37)32(2)3;1-12(18)10-13-4-8-16(9-5-13)19-11-14-2-6-15(17)7-3-14;1-12-6-8-14(9-7-12)18-11-13(16(2,3)4)10-15(18)17-5;1-2/h6,8-11,16-25,28-29,31-32,41,46H,1,4,7,12-15,26-27,30H2,2-3,5H3;2-9H,1,10-11,18H2;6-11,17H,1-5H3;2H,1H2. The first-order valence-electron chi connectivity index (χ1n) is 30.2. The normalized spacial score (nSPS) is 14.2. The predicted octanol–water partition coefficient (Wildman–Crippen LogP) is 17.8. The van der Waals surface area contributed by atoms with Gasteiger partial charge >= 0.3 is 0 Å². The zero-order chi connectivity index (χ0) is 61.8. The lowest BCUT2D eigenvalue weighted by Crippen LogP contribution is -2.29. The smallest absolute Gasteiger partial charge is 0.123 e. The molecule has 0 radical (unpaired) electrons. The van der Waals surface area contributed by atoms with Crippen molar-refractivity contribution in [3.05, 3.63) is 303 Å². The maximum Gasteiger partial charge on any atom is 0.123 e. The molecule has 2 aliphatic rings. The van der Waals surface area contributed by atoms with Gasteiger partial charge in [0, 0.05) is 65.5 Å². The molecule has 1 fully saturated rings. The van der Waals surface area contributed by atoms with Gasteiger partial charge in [-0.25, -0.2) is 5.90 Å². The van der Waals surface area contributed by atoms with Crippen LogP contribution in [0.4, 0.5) is 5.82 Å². The first-order chi connectivity index (χ1) is 41.3. The van der Waals surface area contributed by atoms with Crippen molar-refractivity contribution in [2.24, 2.45) is 22.5 Å². The minimum atomic E-state index is -0.433. The van der Waals surface area contributed by atoms with Gasteiger partial charge < -0.3 is 30.9 Å². The van der Waals surface area contributed by atoms with Gasteiger partial charge in [0.25, 0.3) is 0 Å². The van der Waals surface area contributed by atoms with Gasteiger partial charge in [0.1, 0.15) is 23.7 Å². The Morgan fingerprint density at radius 3 is 1.70 bits per heavy atom. The van der Waals surface area contributed by atoms with Gasteiger partial charge in [-0.05, 0) is 180 Å². The van der Waals surface area contributed by atoms with Gasteiger partial charge in [-0.15, -0.1) is 6.58 Å². The van der Waals surface area contributed by atoms with Crippen LogP contribution in [0.2, 0.25) is 5.02 Å². The molecule has 0 saturated heterocycles. The Labute approximate surface area is 519 Å². The average Bonchev–Trinajstić information content (AvgIpc) is 1.72. The Kier molecular flexibility index (Phi) is 23.8. The van der Waals surface area contributed by atoms with Gasteiger partial charge in [0.15, 0.2) is 0 Å². The number of ether oxygens (including phenoxy) is 1. The minimum absolute atomic E-state index is 0.168. The summed E-state index contributed by atoms with van der Waals surface area (Å²) in [7, 11) is 1.96. The van der Waals surface area contributed by atoms with E-state index in [9.17, 15) is 0 Å². The zero-order valence-corrected chi connectivity index (χ0v) is 52.9. The topological polar surface area (TPSA) is 123 Å². The number of rotatable bonds is 22. The fraction of sp³-hybridized carbons (Fsp3) is 0.286. The number of nitrogens with zero attached hydrogens (tertiary/aromatic N) is 2. The number of aromatic nitrogens is 1. The number of nitrogens with two attached hydrogens (primary N) is 2. The van der Waals surface area contributed by atoms with Crippen molar-refractivity contribution in [3.63, 3.8) is 0 Å². The monoisotopic (exact) mass is 1170 g/mol. The van der Waals surface area contributed by atoms with Crippen molar-refractivity contribution in [2.75, 3.05) is 12.4 Å². The third-order valence-corrected chi connectivity index (χ3v) is 16.1. The van der Waals surface area contributed by atoms with Crippen molar-refractivity contribution < 1.29 is 9.94 Å². The third-order valence-electron chi connectivity index (χ3n) is 15.8. The molecule has 7 aromatic carbocycles. The molecule has 1 atom stereocenters. The minimum Gasteiger partial charge on any atom is -0.489 e. The van der Waals surface area contributed by atoms with Crippen LogP contribution < -0.4 is 27.0 Å². The highest BCUT2D eigenvalue weighted by Crippen LogP contribution is 2.43. The van der Waals surface area contributed by atoms with Crippen LogP contribution in [0.15, 0.2) is 236 Å². The quantitative estimate of drug-likeness (QED) is 0.0340. The SMILES string of the molecule is C=C(N)Cc1ccc(OCc2ccc(Cl)cc2)cc1.C=CCc1ccc(CCc2ccc(C3(C)N=C(C4CC4)C=C3NC(=C)Cc3ccc(CCc4ccc(C(C)C)cc4)cc3)cc2)cc1.CNc1cc(C(C)(C)C)cn1-c1ccc(C)cc1.NO. The van der Waals surface area contributed by atoms with Crippen LogP contribution in [-0.2, 0) is 62.5 Å². The maximum absolute atomic E-state index is 6.50. The Hall–Kier alpha value is -8.14. The molecule has 1 unspecified atom stereocenters. The molecule has 0 spiro atoms. The summed E-state index contributed by atoms with van der Waals surface area (Å²) in [5.74, 6) is 6.64. The number of hydrogen-bond donors (Lipinski definition) is 5. The lowest BCUT2D eigenvalue weighted by molar-refractivity contribution is 0.306. The number of aryl methyl sites for hydroxylation is 5. The van der Waals surface area contributed by atoms with E-state index in [0.29, 0.717) is 30.6 Å². The molecule has 448 valence electrons. The van der Waals surface area contributed by atoms with E-state index >= 15 is 0 Å². The average molecular weight is 1170 g/mol. The van der Waals surface area contributed by atoms with E-state index in [2.05, 4.69) is 229 Å². The van der Waals surface area contributed by atoms with Gasteiger partial charge in [-0.1, -0.05) is 204 Å². The molecule has 2 heterocycles. The van der Waals surface area contributed by atoms with E-state index in [1.54, 1.807) is 0 Å². The van der Waals surface area contributed by atoms with Gasteiger partial charge in [0.2, 0.25) is 0 Å². The highest BCUT2D eigenvalue weighted by Gasteiger charge is 2.40. The third kappa shape index (κ3) is 19.4. The summed E-state index contributed by atoms with van der Waals surface area (Å²) >= 11 is 5.83. The van der Waals surface area contributed by atoms with Crippen LogP contribution in [-0.4, -0.2) is 22.5 Å². The second-order valence-electron chi connectivity index (χ2n) is 24.3. The summed E-state index contributed by atoms with van der Waals surface area (Å²) in [5.41, 5.74) is 26.1. The highest BCUT2D eigenvalue weighted by molar-refractivity contribution is 6.30. The molecule has 10 rings (SSSR count). The molecule has 0 amide bonds. The van der Waals surface area contributed by atoms with Crippen LogP contribution in [0.1, 0.15) is 127 Å². The first-order valence-corrected chi connectivity index (χ1v) is 30.6. The highest BCUT2D eigenvalue weighted by atomic mass is 35.5. The fourth-order valence-corrected chi connectivity index (χ4v) is 10.4. The lowest BCUT2D eigenvalue weighted by atomic mass is 9.88. The van der Waals surface area contributed by atoms with Crippen molar-refractivity contribution in [2.45, 2.75) is 130 Å². The Morgan fingerprint density at radius 1 is 0.709 bits per heavy atom. The molecule has 7 N–H and O–H groups in total. The van der Waals surface area contributed by atoms with Crippen LogP contribution in [0, 0.1) is 12.8 Å². The molecule has 0 bridgehead atoms. The zero-order valence-electron chi connectivity index (χ0n) is 52.1. The van der Waals surface area contributed by atoms with Crippen LogP contribution in [0.25, 0.3) is 5.69 Å². The molecule has 1 saturated carbocycles. The number of allylic oxidation sites excluding steroid dienone is 4. The van der Waals surface area contributed by atoms with Gasteiger partial charge in [0.05, 0.1) is 0 Å². The van der Waals surface area contributed by atoms with E-state index in [4.69, 9.17) is 32.3 Å².